The number of unbranched alkanes of at least 4 members (excludes halogenated alkanes) is 1. The Balaban J connectivity index is 0.000000364. The van der Waals surface area contributed by atoms with E-state index in [1.165, 1.54) is 12.8 Å². The molecule has 0 saturated carbocycles. The van der Waals surface area contributed by atoms with E-state index < -0.39 is 13.0 Å². The molecular weight excluding hydrogens is 296 g/mol. The Morgan fingerprint density at radius 1 is 1.36 bits per heavy atom. The molecule has 2 nitrogen and oxygen atoms in total. The Hall–Kier alpha value is 0.703. The van der Waals surface area contributed by atoms with E-state index in [9.17, 15) is 0 Å². The van der Waals surface area contributed by atoms with Crippen molar-refractivity contribution in [1.82, 2.24) is 4.57 Å². The van der Waals surface area contributed by atoms with Crippen LogP contribution in [0.4, 0.5) is 0 Å². The molecule has 0 aliphatic heterocycles. The number of aromatic nitrogens is 2. The zero-order valence-corrected chi connectivity index (χ0v) is 13.8. The SMILES string of the molecule is CCCCn1cc[n+](C)c1.[Cl][Zn-]([Cl])[Cl]. The minimum absolute atomic E-state index is 1.15. The van der Waals surface area contributed by atoms with Crippen molar-refractivity contribution in [1.29, 1.82) is 0 Å². The van der Waals surface area contributed by atoms with E-state index in [1.54, 1.807) is 0 Å². The number of aryl methyl sites for hydroxylation is 2. The second-order valence-corrected chi connectivity index (χ2v) is 16.8. The third kappa shape index (κ3) is 9.27. The Labute approximate surface area is 103 Å². The summed E-state index contributed by atoms with van der Waals surface area (Å²) in [5, 5.41) is 0. The molecule has 0 aliphatic carbocycles. The molecule has 0 fully saturated rings. The Kier molecular flexibility index (Phi) is 9.42. The number of imidazole rings is 1. The van der Waals surface area contributed by atoms with Crippen LogP contribution in [0, 0.1) is 0 Å². The average molecular weight is 311 g/mol. The predicted molar refractivity (Wildman–Crippen MR) is 58.1 cm³/mol. The summed E-state index contributed by atoms with van der Waals surface area (Å²) in [6.45, 7) is 3.36. The van der Waals surface area contributed by atoms with Gasteiger partial charge in [0.25, 0.3) is 0 Å². The quantitative estimate of drug-likeness (QED) is 0.599. The molecule has 14 heavy (non-hydrogen) atoms. The molecular formula is C8H15Cl3N2Zn. The standard InChI is InChI=1S/C8H15N2.3ClH.Zn/c1-3-4-5-10-7-6-9(2)8-10;;;;/h6-8H,3-5H2,1-2H3;3*1H;/q+1;;;;+2/p-3. The van der Waals surface area contributed by atoms with Gasteiger partial charge in [-0.3, -0.25) is 0 Å². The average Bonchev–Trinajstić information content (AvgIpc) is 2.47. The van der Waals surface area contributed by atoms with E-state index in [-0.39, 0.29) is 0 Å². The second-order valence-electron chi connectivity index (χ2n) is 2.97. The normalized spacial score (nSPS) is 9.21. The molecule has 1 rings (SSSR count). The predicted octanol–water partition coefficient (Wildman–Crippen LogP) is 3.18. The molecule has 0 radical (unpaired) electrons. The van der Waals surface area contributed by atoms with Crippen LogP contribution < -0.4 is 4.57 Å². The van der Waals surface area contributed by atoms with Gasteiger partial charge in [-0.2, -0.15) is 0 Å². The molecule has 0 spiro atoms. The summed E-state index contributed by atoms with van der Waals surface area (Å²) in [7, 11) is 17.1. The summed E-state index contributed by atoms with van der Waals surface area (Å²) in [5.74, 6) is 0. The van der Waals surface area contributed by atoms with Crippen LogP contribution in [0.5, 0.6) is 0 Å². The zero-order valence-electron chi connectivity index (χ0n) is 8.59. The van der Waals surface area contributed by atoms with Crippen molar-refractivity contribution in [2.24, 2.45) is 7.05 Å². The van der Waals surface area contributed by atoms with Gasteiger partial charge in [0, 0.05) is 0 Å². The van der Waals surface area contributed by atoms with Gasteiger partial charge in [0.05, 0.1) is 13.6 Å². The molecule has 0 saturated heterocycles. The van der Waals surface area contributed by atoms with Gasteiger partial charge in [-0.25, -0.2) is 9.13 Å². The molecule has 1 aromatic rings. The second kappa shape index (κ2) is 8.97. The van der Waals surface area contributed by atoms with Crippen LogP contribution in [-0.4, -0.2) is 4.57 Å². The Bertz CT molecular complexity index is 237. The third-order valence-corrected chi connectivity index (χ3v) is 1.59. The first kappa shape index (κ1) is 14.7. The zero-order chi connectivity index (χ0) is 11.0. The van der Waals surface area contributed by atoms with E-state index in [1.807, 2.05) is 7.05 Å². The monoisotopic (exact) mass is 308 g/mol. The van der Waals surface area contributed by atoms with Gasteiger partial charge in [0.1, 0.15) is 12.4 Å². The van der Waals surface area contributed by atoms with Gasteiger partial charge < -0.3 is 0 Å². The van der Waals surface area contributed by atoms with Crippen molar-refractivity contribution >= 4 is 29.1 Å². The fourth-order valence-electron chi connectivity index (χ4n) is 0.975. The van der Waals surface area contributed by atoms with Gasteiger partial charge in [-0.1, -0.05) is 13.3 Å². The topological polar surface area (TPSA) is 8.81 Å². The van der Waals surface area contributed by atoms with Crippen LogP contribution in [0.15, 0.2) is 18.7 Å². The van der Waals surface area contributed by atoms with E-state index in [4.69, 9.17) is 29.1 Å². The van der Waals surface area contributed by atoms with Gasteiger partial charge in [-0.15, -0.1) is 0 Å². The van der Waals surface area contributed by atoms with Crippen molar-refractivity contribution in [3.8, 4) is 0 Å². The number of rotatable bonds is 3. The van der Waals surface area contributed by atoms with E-state index in [0.717, 1.165) is 6.54 Å². The molecule has 0 amide bonds. The summed E-state index contributed by atoms with van der Waals surface area (Å²) in [5.41, 5.74) is 0. The number of nitrogens with zero attached hydrogens (tertiary/aromatic N) is 2. The van der Waals surface area contributed by atoms with Crippen LogP contribution >= 0.6 is 29.1 Å². The molecule has 0 aliphatic rings. The molecule has 80 valence electrons. The van der Waals surface area contributed by atoms with Crippen molar-refractivity contribution in [3.05, 3.63) is 18.7 Å². The molecule has 6 heteroatoms. The van der Waals surface area contributed by atoms with Crippen molar-refractivity contribution in [3.63, 3.8) is 0 Å². The number of hydrogen-bond acceptors (Lipinski definition) is 0. The fraction of sp³-hybridized carbons (Fsp3) is 0.625. The summed E-state index contributed by atoms with van der Waals surface area (Å²) >= 11 is -2.21. The summed E-state index contributed by atoms with van der Waals surface area (Å²) in [6.07, 6.45) is 8.82. The van der Waals surface area contributed by atoms with Crippen molar-refractivity contribution in [2.45, 2.75) is 26.3 Å². The van der Waals surface area contributed by atoms with Gasteiger partial charge in [0.15, 0.2) is 0 Å². The van der Waals surface area contributed by atoms with Crippen LogP contribution in [0.1, 0.15) is 19.8 Å². The van der Waals surface area contributed by atoms with Gasteiger partial charge in [-0.05, 0) is 6.42 Å². The van der Waals surface area contributed by atoms with Crippen molar-refractivity contribution in [2.75, 3.05) is 0 Å². The molecule has 1 heterocycles. The molecule has 0 N–H and O–H groups in total. The van der Waals surface area contributed by atoms with E-state index >= 15 is 0 Å². The van der Waals surface area contributed by atoms with E-state index in [0.29, 0.717) is 0 Å². The van der Waals surface area contributed by atoms with Crippen LogP contribution in [0.2, 0.25) is 0 Å². The van der Waals surface area contributed by atoms with Gasteiger partial charge in [0.2, 0.25) is 6.33 Å². The van der Waals surface area contributed by atoms with Crippen LogP contribution in [-0.2, 0) is 26.6 Å². The Morgan fingerprint density at radius 2 is 1.93 bits per heavy atom. The number of halogens is 3. The first-order chi connectivity index (χ1) is 6.56. The summed E-state index contributed by atoms with van der Waals surface area (Å²) in [4.78, 5) is 0. The maximum absolute atomic E-state index is 5.01. The summed E-state index contributed by atoms with van der Waals surface area (Å²) in [6, 6.07) is 0. The Morgan fingerprint density at radius 3 is 2.29 bits per heavy atom. The summed E-state index contributed by atoms with van der Waals surface area (Å²) < 4.78 is 4.28. The van der Waals surface area contributed by atoms with Gasteiger partial charge >= 0.3 is 42.1 Å². The van der Waals surface area contributed by atoms with Crippen LogP contribution in [0.3, 0.4) is 0 Å². The minimum atomic E-state index is -2.21. The first-order valence-corrected chi connectivity index (χ1v) is 16.3. The van der Waals surface area contributed by atoms with E-state index in [2.05, 4.69) is 34.8 Å². The molecule has 0 bridgehead atoms. The molecule has 0 unspecified atom stereocenters. The fourth-order valence-corrected chi connectivity index (χ4v) is 0.975. The molecule has 1 aromatic heterocycles. The third-order valence-electron chi connectivity index (χ3n) is 1.59. The van der Waals surface area contributed by atoms with Crippen molar-refractivity contribution < 1.29 is 17.5 Å². The van der Waals surface area contributed by atoms with Crippen LogP contribution in [0.25, 0.3) is 0 Å². The first-order valence-electron chi connectivity index (χ1n) is 4.64. The molecule has 0 aromatic carbocycles. The maximum atomic E-state index is 5.01. The number of hydrogen-bond donors (Lipinski definition) is 0. The molecule has 0 atom stereocenters.